The minimum absolute atomic E-state index is 0.107. The summed E-state index contributed by atoms with van der Waals surface area (Å²) in [6.07, 6.45) is 0. The van der Waals surface area contributed by atoms with Gasteiger partial charge in [0, 0.05) is 31.7 Å². The second kappa shape index (κ2) is 10.1. The zero-order valence-corrected chi connectivity index (χ0v) is 20.8. The van der Waals surface area contributed by atoms with Crippen molar-refractivity contribution in [2.45, 2.75) is 45.6 Å². The minimum atomic E-state index is -3.62. The smallest absolute Gasteiger partial charge is 0.251 e. The Labute approximate surface area is 196 Å². The Morgan fingerprint density at radius 3 is 2.03 bits per heavy atom. The quantitative estimate of drug-likeness (QED) is 0.702. The average molecular weight is 472 g/mol. The van der Waals surface area contributed by atoms with Crippen molar-refractivity contribution in [3.8, 4) is 0 Å². The van der Waals surface area contributed by atoms with E-state index >= 15 is 0 Å². The second-order valence-electron chi connectivity index (χ2n) is 9.04. The van der Waals surface area contributed by atoms with Gasteiger partial charge in [-0.05, 0) is 62.1 Å². The lowest BCUT2D eigenvalue weighted by atomic mass is 10.0. The Morgan fingerprint density at radius 1 is 0.879 bits per heavy atom. The van der Waals surface area contributed by atoms with Crippen molar-refractivity contribution >= 4 is 21.8 Å². The lowest BCUT2D eigenvalue weighted by molar-refractivity contribution is -0.135. The van der Waals surface area contributed by atoms with E-state index in [1.165, 1.54) is 4.31 Å². The molecule has 1 fully saturated rings. The molecule has 7 nitrogen and oxygen atoms in total. The molecule has 1 saturated heterocycles. The number of hydrogen-bond acceptors (Lipinski definition) is 4. The fraction of sp³-hybridized carbons (Fsp3) is 0.440. The van der Waals surface area contributed by atoms with Crippen LogP contribution in [0.1, 0.15) is 40.9 Å². The highest BCUT2D eigenvalue weighted by Crippen LogP contribution is 2.21. The van der Waals surface area contributed by atoms with Crippen LogP contribution < -0.4 is 5.32 Å². The zero-order chi connectivity index (χ0) is 24.3. The molecular weight excluding hydrogens is 438 g/mol. The summed E-state index contributed by atoms with van der Waals surface area (Å²) in [5.74, 6) is -0.587. The fourth-order valence-corrected chi connectivity index (χ4v) is 5.32. The first kappa shape index (κ1) is 24.9. The number of rotatable bonds is 6. The predicted octanol–water partition coefficient (Wildman–Crippen LogP) is 2.90. The zero-order valence-electron chi connectivity index (χ0n) is 20.0. The summed E-state index contributed by atoms with van der Waals surface area (Å²) in [5.41, 5.74) is 3.52. The van der Waals surface area contributed by atoms with Crippen LogP contribution in [0.2, 0.25) is 0 Å². The molecule has 1 aliphatic rings. The summed E-state index contributed by atoms with van der Waals surface area (Å²) < 4.78 is 27.5. The highest BCUT2D eigenvalue weighted by molar-refractivity contribution is 7.89. The van der Waals surface area contributed by atoms with Gasteiger partial charge in [0.05, 0.1) is 4.90 Å². The molecule has 2 amide bonds. The van der Waals surface area contributed by atoms with E-state index in [0.717, 1.165) is 16.7 Å². The van der Waals surface area contributed by atoms with Crippen molar-refractivity contribution in [2.75, 3.05) is 26.2 Å². The van der Waals surface area contributed by atoms with Gasteiger partial charge in [-0.3, -0.25) is 9.59 Å². The second-order valence-corrected chi connectivity index (χ2v) is 11.0. The topological polar surface area (TPSA) is 86.8 Å². The Hall–Kier alpha value is -2.71. The third-order valence-corrected chi connectivity index (χ3v) is 8.09. The summed E-state index contributed by atoms with van der Waals surface area (Å²) in [4.78, 5) is 27.8. The number of nitrogens with one attached hydrogen (secondary N) is 1. The standard InChI is InChI=1S/C25H33N3O4S/c1-17(2)23(26-24(29)21-9-6-18(3)7-10-21)25(30)27-12-14-28(15-13-27)33(31,32)22-11-8-19(4)20(5)16-22/h6-11,16-17,23H,12-15H2,1-5H3,(H,26,29)/t23-/m0/s1. The van der Waals surface area contributed by atoms with E-state index in [4.69, 9.17) is 0 Å². The molecule has 178 valence electrons. The van der Waals surface area contributed by atoms with Gasteiger partial charge in [-0.2, -0.15) is 4.31 Å². The van der Waals surface area contributed by atoms with E-state index in [1.54, 1.807) is 29.2 Å². The molecule has 0 bridgehead atoms. The number of piperazine rings is 1. The number of nitrogens with zero attached hydrogens (tertiary/aromatic N) is 2. The van der Waals surface area contributed by atoms with Crippen molar-refractivity contribution in [3.05, 3.63) is 64.7 Å². The molecule has 0 saturated carbocycles. The molecule has 1 N–H and O–H groups in total. The Kier molecular flexibility index (Phi) is 7.59. The molecule has 0 radical (unpaired) electrons. The SMILES string of the molecule is Cc1ccc(C(=O)N[C@H](C(=O)N2CCN(S(=O)(=O)c3ccc(C)c(C)c3)CC2)C(C)C)cc1. The number of carbonyl (C=O) groups is 2. The van der Waals surface area contributed by atoms with E-state index in [2.05, 4.69) is 5.32 Å². The number of amides is 2. The van der Waals surface area contributed by atoms with Gasteiger partial charge in [-0.15, -0.1) is 0 Å². The summed E-state index contributed by atoms with van der Waals surface area (Å²) in [6, 6.07) is 11.6. The van der Waals surface area contributed by atoms with Crippen LogP contribution in [0.3, 0.4) is 0 Å². The van der Waals surface area contributed by atoms with Crippen LogP contribution >= 0.6 is 0 Å². The van der Waals surface area contributed by atoms with Crippen molar-refractivity contribution in [1.29, 1.82) is 0 Å². The molecule has 0 aliphatic carbocycles. The van der Waals surface area contributed by atoms with Gasteiger partial charge in [0.15, 0.2) is 0 Å². The number of hydrogen-bond donors (Lipinski definition) is 1. The van der Waals surface area contributed by atoms with Crippen molar-refractivity contribution in [3.63, 3.8) is 0 Å². The molecule has 0 unspecified atom stereocenters. The van der Waals surface area contributed by atoms with Crippen LogP contribution in [0.15, 0.2) is 47.4 Å². The van der Waals surface area contributed by atoms with Crippen molar-refractivity contribution < 1.29 is 18.0 Å². The van der Waals surface area contributed by atoms with Crippen molar-refractivity contribution in [1.82, 2.24) is 14.5 Å². The predicted molar refractivity (Wildman–Crippen MR) is 129 cm³/mol. The normalized spacial score (nSPS) is 16.0. The van der Waals surface area contributed by atoms with E-state index in [1.807, 2.05) is 52.8 Å². The van der Waals surface area contributed by atoms with Crippen LogP contribution in [-0.2, 0) is 14.8 Å². The number of benzene rings is 2. The maximum Gasteiger partial charge on any atom is 0.251 e. The van der Waals surface area contributed by atoms with E-state index in [0.29, 0.717) is 5.56 Å². The fourth-order valence-electron chi connectivity index (χ4n) is 3.81. The van der Waals surface area contributed by atoms with Gasteiger partial charge in [0.1, 0.15) is 6.04 Å². The number of carbonyl (C=O) groups excluding carboxylic acids is 2. The maximum atomic E-state index is 13.2. The third kappa shape index (κ3) is 5.62. The largest absolute Gasteiger partial charge is 0.340 e. The van der Waals surface area contributed by atoms with Gasteiger partial charge in [-0.25, -0.2) is 8.42 Å². The third-order valence-electron chi connectivity index (χ3n) is 6.20. The first-order chi connectivity index (χ1) is 15.5. The summed E-state index contributed by atoms with van der Waals surface area (Å²) >= 11 is 0. The molecule has 8 heteroatoms. The number of sulfonamides is 1. The lowest BCUT2D eigenvalue weighted by Crippen LogP contribution is -2.57. The molecule has 33 heavy (non-hydrogen) atoms. The highest BCUT2D eigenvalue weighted by Gasteiger charge is 2.34. The van der Waals surface area contributed by atoms with Gasteiger partial charge >= 0.3 is 0 Å². The van der Waals surface area contributed by atoms with Gasteiger partial charge in [0.25, 0.3) is 5.91 Å². The molecule has 1 aliphatic heterocycles. The van der Waals surface area contributed by atoms with Crippen LogP contribution in [0, 0.1) is 26.7 Å². The Balaban J connectivity index is 1.66. The van der Waals surface area contributed by atoms with E-state index in [9.17, 15) is 18.0 Å². The van der Waals surface area contributed by atoms with Gasteiger partial charge < -0.3 is 10.2 Å². The Morgan fingerprint density at radius 2 is 1.48 bits per heavy atom. The molecule has 2 aromatic carbocycles. The monoisotopic (exact) mass is 471 g/mol. The molecule has 3 rings (SSSR count). The van der Waals surface area contributed by atoms with Gasteiger partial charge in [-0.1, -0.05) is 37.6 Å². The summed E-state index contributed by atoms with van der Waals surface area (Å²) in [6.45, 7) is 10.6. The first-order valence-corrected chi connectivity index (χ1v) is 12.7. The molecule has 1 atom stereocenters. The van der Waals surface area contributed by atoms with E-state index < -0.39 is 16.1 Å². The van der Waals surface area contributed by atoms with E-state index in [-0.39, 0.29) is 48.8 Å². The summed E-state index contributed by atoms with van der Waals surface area (Å²) in [7, 11) is -3.62. The average Bonchev–Trinajstić information content (AvgIpc) is 2.79. The van der Waals surface area contributed by atoms with Crippen LogP contribution in [0.5, 0.6) is 0 Å². The minimum Gasteiger partial charge on any atom is -0.340 e. The highest BCUT2D eigenvalue weighted by atomic mass is 32.2. The van der Waals surface area contributed by atoms with Crippen LogP contribution in [0.25, 0.3) is 0 Å². The molecule has 0 spiro atoms. The molecule has 1 heterocycles. The van der Waals surface area contributed by atoms with Gasteiger partial charge in [0.2, 0.25) is 15.9 Å². The molecule has 0 aromatic heterocycles. The lowest BCUT2D eigenvalue weighted by Gasteiger charge is -2.36. The van der Waals surface area contributed by atoms with Crippen molar-refractivity contribution in [2.24, 2.45) is 5.92 Å². The van der Waals surface area contributed by atoms with Crippen LogP contribution in [-0.4, -0.2) is 61.7 Å². The molecular formula is C25H33N3O4S. The van der Waals surface area contributed by atoms with Crippen LogP contribution in [0.4, 0.5) is 0 Å². The summed E-state index contributed by atoms with van der Waals surface area (Å²) in [5, 5.41) is 2.87. The molecule has 2 aromatic rings. The number of aryl methyl sites for hydroxylation is 3. The first-order valence-electron chi connectivity index (χ1n) is 11.2. The Bertz CT molecular complexity index is 1120. The maximum absolute atomic E-state index is 13.2.